The lowest BCUT2D eigenvalue weighted by Gasteiger charge is -2.28. The summed E-state index contributed by atoms with van der Waals surface area (Å²) in [5, 5.41) is 7.22. The highest BCUT2D eigenvalue weighted by Gasteiger charge is 2.42. The number of hydrogen-bond donors (Lipinski definition) is 2. The van der Waals surface area contributed by atoms with E-state index in [9.17, 15) is 4.79 Å². The monoisotopic (exact) mass is 560 g/mol. The van der Waals surface area contributed by atoms with E-state index in [1.54, 1.807) is 12.3 Å². The number of nitrogens with zero attached hydrogens (tertiary/aromatic N) is 4. The van der Waals surface area contributed by atoms with Gasteiger partial charge in [-0.3, -0.25) is 9.78 Å². The summed E-state index contributed by atoms with van der Waals surface area (Å²) in [7, 11) is 1.47. The minimum absolute atomic E-state index is 0.0580. The van der Waals surface area contributed by atoms with E-state index in [0.717, 1.165) is 39.7 Å². The zero-order valence-corrected chi connectivity index (χ0v) is 23.7. The molecule has 8 nitrogen and oxygen atoms in total. The van der Waals surface area contributed by atoms with Gasteiger partial charge in [0, 0.05) is 36.6 Å². The Hall–Kier alpha value is -3.79. The summed E-state index contributed by atoms with van der Waals surface area (Å²) in [4.78, 5) is 23.4. The molecule has 0 aliphatic carbocycles. The lowest BCUT2D eigenvalue weighted by Crippen LogP contribution is -2.29. The molecule has 2 N–H and O–H groups in total. The van der Waals surface area contributed by atoms with Crippen LogP contribution in [0.15, 0.2) is 67.0 Å². The highest BCUT2D eigenvalue weighted by molar-refractivity contribution is 7.80. The molecular formula is C29H29ClN6O2S. The number of rotatable bonds is 7. The third-order valence-corrected chi connectivity index (χ3v) is 7.42. The Labute approximate surface area is 238 Å². The van der Waals surface area contributed by atoms with E-state index < -0.39 is 0 Å². The van der Waals surface area contributed by atoms with E-state index in [2.05, 4.69) is 56.0 Å². The molecule has 3 aromatic heterocycles. The van der Waals surface area contributed by atoms with Gasteiger partial charge in [-0.15, -0.1) is 0 Å². The zero-order chi connectivity index (χ0) is 27.7. The highest BCUT2D eigenvalue weighted by atomic mass is 35.5. The van der Waals surface area contributed by atoms with Crippen LogP contribution in [0, 0.1) is 20.8 Å². The molecule has 10 heteroatoms. The van der Waals surface area contributed by atoms with Crippen molar-refractivity contribution in [2.75, 3.05) is 23.9 Å². The number of thiocarbonyl (C=S) groups is 1. The van der Waals surface area contributed by atoms with Crippen molar-refractivity contribution in [2.24, 2.45) is 0 Å². The van der Waals surface area contributed by atoms with Crippen LogP contribution in [0.5, 0.6) is 0 Å². The number of nitrogens with one attached hydrogen (secondary N) is 2. The average Bonchev–Trinajstić information content (AvgIpc) is 3.41. The van der Waals surface area contributed by atoms with E-state index >= 15 is 0 Å². The molecule has 2 atom stereocenters. The molecule has 0 bridgehead atoms. The summed E-state index contributed by atoms with van der Waals surface area (Å²) in [5.74, 6) is 0.575. The maximum atomic E-state index is 12.1. The van der Waals surface area contributed by atoms with Crippen LogP contribution in [0.25, 0.3) is 5.82 Å². The van der Waals surface area contributed by atoms with Crippen LogP contribution in [0.2, 0.25) is 5.02 Å². The van der Waals surface area contributed by atoms with Crippen molar-refractivity contribution < 1.29 is 9.53 Å². The van der Waals surface area contributed by atoms with Crippen molar-refractivity contribution >= 4 is 46.2 Å². The Balaban J connectivity index is 1.60. The number of carbonyl (C=O) groups is 1. The smallest absolute Gasteiger partial charge is 0.250 e. The maximum Gasteiger partial charge on any atom is 0.250 e. The van der Waals surface area contributed by atoms with E-state index in [-0.39, 0.29) is 24.6 Å². The fourth-order valence-corrected chi connectivity index (χ4v) is 5.62. The third kappa shape index (κ3) is 5.25. The van der Waals surface area contributed by atoms with Gasteiger partial charge in [-0.05, 0) is 86.6 Å². The zero-order valence-electron chi connectivity index (χ0n) is 22.1. The van der Waals surface area contributed by atoms with Crippen molar-refractivity contribution in [3.8, 4) is 5.82 Å². The first-order valence-electron chi connectivity index (χ1n) is 12.5. The highest BCUT2D eigenvalue weighted by Crippen LogP contribution is 2.44. The van der Waals surface area contributed by atoms with Crippen LogP contribution < -0.4 is 15.5 Å². The summed E-state index contributed by atoms with van der Waals surface area (Å²) in [6.45, 7) is 6.14. The Kier molecular flexibility index (Phi) is 7.65. The van der Waals surface area contributed by atoms with Gasteiger partial charge in [0.05, 0.1) is 28.5 Å². The lowest BCUT2D eigenvalue weighted by atomic mass is 9.96. The number of methoxy groups -OCH3 is 1. The average molecular weight is 561 g/mol. The number of carbonyl (C=O) groups excluding carboxylic acids is 1. The van der Waals surface area contributed by atoms with Gasteiger partial charge in [0.15, 0.2) is 5.11 Å². The van der Waals surface area contributed by atoms with Crippen molar-refractivity contribution in [1.82, 2.24) is 19.9 Å². The number of amides is 1. The fraction of sp³-hybridized carbons (Fsp3) is 0.241. The van der Waals surface area contributed by atoms with E-state index in [4.69, 9.17) is 28.6 Å². The van der Waals surface area contributed by atoms with Crippen molar-refractivity contribution in [3.05, 3.63) is 100 Å². The Bertz CT molecular complexity index is 1520. The molecule has 0 unspecified atom stereocenters. The third-order valence-electron chi connectivity index (χ3n) is 6.79. The van der Waals surface area contributed by atoms with Crippen LogP contribution in [0.1, 0.15) is 40.3 Å². The summed E-state index contributed by atoms with van der Waals surface area (Å²) >= 11 is 12.5. The second kappa shape index (κ2) is 11.1. The second-order valence-corrected chi connectivity index (χ2v) is 10.3. The molecule has 1 saturated heterocycles. The molecule has 0 saturated carbocycles. The predicted octanol–water partition coefficient (Wildman–Crippen LogP) is 5.61. The summed E-state index contributed by atoms with van der Waals surface area (Å²) in [6, 6.07) is 17.2. The van der Waals surface area contributed by atoms with E-state index in [1.807, 2.05) is 49.5 Å². The number of pyridine rings is 2. The first-order chi connectivity index (χ1) is 18.8. The minimum Gasteiger partial charge on any atom is -0.375 e. The molecule has 1 aliphatic rings. The molecule has 0 spiro atoms. The van der Waals surface area contributed by atoms with Gasteiger partial charge < -0.3 is 24.8 Å². The molecule has 1 fully saturated rings. The molecule has 0 radical (unpaired) electrons. The van der Waals surface area contributed by atoms with Crippen LogP contribution in [0.4, 0.5) is 11.4 Å². The molecule has 200 valence electrons. The standard InChI is InChI=1S/C29H29ClN6O2S/c1-17-8-11-25(32-15-17)35-18(2)13-21(19(35)3)28-27(24-7-5-6-12-31-24)34-29(39)36(28)20-9-10-23(22(30)14-20)33-26(37)16-38-4/h5-15,27-28H,16H2,1-4H3,(H,33,37)(H,34,39)/t27-,28-/m0/s1. The van der Waals surface area contributed by atoms with Crippen LogP contribution >= 0.6 is 23.8 Å². The normalized spacial score (nSPS) is 16.8. The van der Waals surface area contributed by atoms with Crippen molar-refractivity contribution in [3.63, 3.8) is 0 Å². The van der Waals surface area contributed by atoms with Crippen LogP contribution in [-0.2, 0) is 9.53 Å². The first-order valence-corrected chi connectivity index (χ1v) is 13.3. The van der Waals surface area contributed by atoms with Gasteiger partial charge in [-0.1, -0.05) is 23.7 Å². The number of anilines is 2. The molecule has 1 aliphatic heterocycles. The minimum atomic E-state index is -0.282. The molecule has 1 aromatic carbocycles. The second-order valence-electron chi connectivity index (χ2n) is 9.50. The number of benzene rings is 1. The van der Waals surface area contributed by atoms with Gasteiger partial charge in [-0.25, -0.2) is 4.98 Å². The summed E-state index contributed by atoms with van der Waals surface area (Å²) in [6.07, 6.45) is 3.66. The number of ether oxygens (including phenoxy) is 1. The van der Waals surface area contributed by atoms with E-state index in [1.165, 1.54) is 7.11 Å². The quantitative estimate of drug-likeness (QED) is 0.284. The number of hydrogen-bond acceptors (Lipinski definition) is 5. The molecule has 1 amide bonds. The number of aryl methyl sites for hydroxylation is 2. The van der Waals surface area contributed by atoms with Gasteiger partial charge in [0.25, 0.3) is 0 Å². The van der Waals surface area contributed by atoms with Crippen LogP contribution in [0.3, 0.4) is 0 Å². The Morgan fingerprint density at radius 1 is 1.13 bits per heavy atom. The lowest BCUT2D eigenvalue weighted by molar-refractivity contribution is -0.119. The van der Waals surface area contributed by atoms with E-state index in [0.29, 0.717) is 15.8 Å². The molecule has 39 heavy (non-hydrogen) atoms. The molecule has 4 aromatic rings. The van der Waals surface area contributed by atoms with Crippen LogP contribution in [-0.4, -0.2) is 39.3 Å². The van der Waals surface area contributed by atoms with Crippen molar-refractivity contribution in [2.45, 2.75) is 32.9 Å². The number of halogens is 1. The molecular weight excluding hydrogens is 532 g/mol. The Morgan fingerprint density at radius 2 is 1.95 bits per heavy atom. The predicted molar refractivity (Wildman–Crippen MR) is 158 cm³/mol. The topological polar surface area (TPSA) is 84.3 Å². The number of aromatic nitrogens is 3. The van der Waals surface area contributed by atoms with Crippen molar-refractivity contribution in [1.29, 1.82) is 0 Å². The molecule has 5 rings (SSSR count). The summed E-state index contributed by atoms with van der Waals surface area (Å²) < 4.78 is 7.07. The van der Waals surface area contributed by atoms with Gasteiger partial charge >= 0.3 is 0 Å². The Morgan fingerprint density at radius 3 is 2.62 bits per heavy atom. The maximum absolute atomic E-state index is 12.1. The largest absolute Gasteiger partial charge is 0.375 e. The van der Waals surface area contributed by atoms with Gasteiger partial charge in [0.2, 0.25) is 5.91 Å². The van der Waals surface area contributed by atoms with Gasteiger partial charge in [0.1, 0.15) is 12.4 Å². The first kappa shape index (κ1) is 26.8. The molecule has 4 heterocycles. The SMILES string of the molecule is COCC(=O)Nc1ccc(N2C(=S)N[C@@H](c3ccccn3)[C@@H]2c2cc(C)n(-c3ccc(C)cn3)c2C)cc1Cl. The fourth-order valence-electron chi connectivity index (χ4n) is 5.05. The van der Waals surface area contributed by atoms with Gasteiger partial charge in [-0.2, -0.15) is 0 Å². The summed E-state index contributed by atoms with van der Waals surface area (Å²) in [5.41, 5.74) is 6.48.